The Labute approximate surface area is 182 Å². The number of thiophene rings is 1. The summed E-state index contributed by atoms with van der Waals surface area (Å²) in [6.07, 6.45) is 1.63. The molecule has 0 N–H and O–H groups in total. The van der Waals surface area contributed by atoms with Gasteiger partial charge in [0.15, 0.2) is 10.9 Å². The van der Waals surface area contributed by atoms with Gasteiger partial charge in [-0.2, -0.15) is 0 Å². The number of nitrogens with zero attached hydrogens (tertiary/aromatic N) is 3. The molecule has 158 valence electrons. The van der Waals surface area contributed by atoms with Gasteiger partial charge in [-0.25, -0.2) is 4.98 Å². The lowest BCUT2D eigenvalue weighted by atomic mass is 9.97. The van der Waals surface area contributed by atoms with Crippen molar-refractivity contribution in [3.05, 3.63) is 44.7 Å². The first-order chi connectivity index (χ1) is 14.2. The fourth-order valence-electron chi connectivity index (χ4n) is 3.43. The molecule has 0 aliphatic carbocycles. The van der Waals surface area contributed by atoms with E-state index < -0.39 is 11.9 Å². The second-order valence-corrected chi connectivity index (χ2v) is 9.16. The summed E-state index contributed by atoms with van der Waals surface area (Å²) in [5.74, 6) is -1.22. The number of allylic oxidation sites excluding steroid dienone is 2. The molecule has 30 heavy (non-hydrogen) atoms. The molecule has 0 saturated carbocycles. The van der Waals surface area contributed by atoms with Gasteiger partial charge in [0, 0.05) is 17.1 Å². The average molecular weight is 446 g/mol. The molecular weight excluding hydrogens is 422 g/mol. The van der Waals surface area contributed by atoms with Crippen LogP contribution in [0.1, 0.15) is 24.3 Å². The Morgan fingerprint density at radius 2 is 2.00 bits per heavy atom. The number of carbonyl (C=O) groups excluding carboxylic acids is 2. The lowest BCUT2D eigenvalue weighted by molar-refractivity contribution is -0.141. The lowest BCUT2D eigenvalue weighted by Crippen LogP contribution is -2.23. The van der Waals surface area contributed by atoms with Crippen LogP contribution in [0.5, 0.6) is 0 Å². The lowest BCUT2D eigenvalue weighted by Gasteiger charge is -2.11. The zero-order valence-corrected chi connectivity index (χ0v) is 19.2. The van der Waals surface area contributed by atoms with E-state index in [0.717, 1.165) is 10.4 Å². The summed E-state index contributed by atoms with van der Waals surface area (Å²) in [4.78, 5) is 48.5. The first kappa shape index (κ1) is 22.2. The number of fused-ring (bicyclic) bond motifs is 1. The van der Waals surface area contributed by atoms with Gasteiger partial charge in [-0.1, -0.05) is 17.8 Å². The third-order valence-corrected chi connectivity index (χ3v) is 7.19. The maximum atomic E-state index is 13.0. The third-order valence-electron chi connectivity index (χ3n) is 5.11. The van der Waals surface area contributed by atoms with Gasteiger partial charge < -0.3 is 4.74 Å². The van der Waals surface area contributed by atoms with Crippen molar-refractivity contribution >= 4 is 50.8 Å². The van der Waals surface area contributed by atoms with E-state index in [-0.39, 0.29) is 22.8 Å². The van der Waals surface area contributed by atoms with E-state index >= 15 is 0 Å². The van der Waals surface area contributed by atoms with E-state index in [1.807, 2.05) is 13.8 Å². The van der Waals surface area contributed by atoms with Crippen LogP contribution in [0.25, 0.3) is 10.2 Å². The first-order valence-corrected chi connectivity index (χ1v) is 11.1. The molecule has 2 aromatic rings. The molecule has 3 rings (SSSR count). The van der Waals surface area contributed by atoms with E-state index in [2.05, 4.69) is 16.6 Å². The largest absolute Gasteiger partial charge is 0.468 e. The minimum atomic E-state index is -0.621. The summed E-state index contributed by atoms with van der Waals surface area (Å²) >= 11 is 2.66. The van der Waals surface area contributed by atoms with Crippen LogP contribution in [0.15, 0.2) is 38.9 Å². The number of esters is 1. The smallest absolute Gasteiger partial charge is 0.318 e. The van der Waals surface area contributed by atoms with Crippen molar-refractivity contribution in [3.63, 3.8) is 0 Å². The molecule has 9 heteroatoms. The Morgan fingerprint density at radius 1 is 1.30 bits per heavy atom. The highest BCUT2D eigenvalue weighted by Crippen LogP contribution is 2.31. The molecule has 7 nitrogen and oxygen atoms in total. The number of aryl methyl sites for hydroxylation is 2. The van der Waals surface area contributed by atoms with Crippen LogP contribution in [-0.2, 0) is 20.9 Å². The minimum absolute atomic E-state index is 0.0514. The predicted molar refractivity (Wildman–Crippen MR) is 121 cm³/mol. The topological polar surface area (TPSA) is 90.6 Å². The van der Waals surface area contributed by atoms with Gasteiger partial charge in [0.05, 0.1) is 18.2 Å². The maximum absolute atomic E-state index is 13.0. The summed E-state index contributed by atoms with van der Waals surface area (Å²) in [6.45, 7) is 11.3. The molecule has 0 saturated heterocycles. The molecule has 2 aromatic heterocycles. The molecule has 0 spiro atoms. The number of aliphatic imine (C=N–C) groups is 1. The van der Waals surface area contributed by atoms with E-state index in [9.17, 15) is 14.4 Å². The standard InChI is InChI=1S/C21H23N3O4S2/c1-7-8-24-19(26)16-10(2)13(5)30-18(16)23-21(24)29-9-14(25)17-11(3)15(12(4)22-17)20(27)28-6/h7,15H,1,8-9H2,2-6H3. The normalized spacial score (nSPS) is 16.2. The molecule has 1 unspecified atom stereocenters. The number of hydrogen-bond acceptors (Lipinski definition) is 8. The number of Topliss-reactive ketones (excluding diaryl/α,β-unsaturated/α-hetero) is 1. The van der Waals surface area contributed by atoms with Crippen molar-refractivity contribution in [3.8, 4) is 0 Å². The highest BCUT2D eigenvalue weighted by molar-refractivity contribution is 7.99. The number of thioether (sulfide) groups is 1. The van der Waals surface area contributed by atoms with E-state index in [1.54, 1.807) is 19.9 Å². The monoisotopic (exact) mass is 445 g/mol. The predicted octanol–water partition coefficient (Wildman–Crippen LogP) is 3.46. The number of methoxy groups -OCH3 is 1. The SMILES string of the molecule is C=CCn1c(SCC(=O)C2=C(C)C(C(=O)OC)C(C)=N2)nc2sc(C)c(C)c2c1=O. The van der Waals surface area contributed by atoms with Gasteiger partial charge in [0.25, 0.3) is 5.56 Å². The number of carbonyl (C=O) groups is 2. The number of ether oxygens (including phenoxy) is 1. The molecule has 1 aliphatic heterocycles. The molecular formula is C21H23N3O4S2. The number of rotatable bonds is 7. The Hall–Kier alpha value is -2.52. The zero-order chi connectivity index (χ0) is 22.2. The van der Waals surface area contributed by atoms with Crippen molar-refractivity contribution in [2.75, 3.05) is 12.9 Å². The average Bonchev–Trinajstić information content (AvgIpc) is 3.17. The highest BCUT2D eigenvalue weighted by Gasteiger charge is 2.33. The molecule has 1 aliphatic rings. The maximum Gasteiger partial charge on any atom is 0.318 e. The number of ketones is 1. The zero-order valence-electron chi connectivity index (χ0n) is 17.6. The van der Waals surface area contributed by atoms with Crippen molar-refractivity contribution in [2.45, 2.75) is 39.4 Å². The Kier molecular flexibility index (Phi) is 6.42. The van der Waals surface area contributed by atoms with Gasteiger partial charge in [0.1, 0.15) is 16.4 Å². The van der Waals surface area contributed by atoms with Crippen LogP contribution in [0.2, 0.25) is 0 Å². The van der Waals surface area contributed by atoms with Gasteiger partial charge in [-0.3, -0.25) is 23.9 Å². The van der Waals surface area contributed by atoms with Crippen LogP contribution in [0.4, 0.5) is 0 Å². The molecule has 3 heterocycles. The van der Waals surface area contributed by atoms with E-state index in [1.165, 1.54) is 34.8 Å². The highest BCUT2D eigenvalue weighted by atomic mass is 32.2. The van der Waals surface area contributed by atoms with Crippen molar-refractivity contribution in [2.24, 2.45) is 10.9 Å². The second kappa shape index (κ2) is 8.69. The summed E-state index contributed by atoms with van der Waals surface area (Å²) < 4.78 is 6.35. The molecule has 0 fully saturated rings. The summed E-state index contributed by atoms with van der Waals surface area (Å²) in [6, 6.07) is 0. The molecule has 0 radical (unpaired) electrons. The fraction of sp³-hybridized carbons (Fsp3) is 0.381. The van der Waals surface area contributed by atoms with Gasteiger partial charge in [0.2, 0.25) is 0 Å². The van der Waals surface area contributed by atoms with E-state index in [4.69, 9.17) is 4.74 Å². The first-order valence-electron chi connectivity index (χ1n) is 9.32. The van der Waals surface area contributed by atoms with E-state index in [0.29, 0.717) is 33.2 Å². The quantitative estimate of drug-likeness (QED) is 0.281. The Morgan fingerprint density at radius 3 is 2.63 bits per heavy atom. The minimum Gasteiger partial charge on any atom is -0.468 e. The van der Waals surface area contributed by atoms with Gasteiger partial charge in [-0.05, 0) is 38.8 Å². The van der Waals surface area contributed by atoms with Crippen LogP contribution >= 0.6 is 23.1 Å². The fourth-order valence-corrected chi connectivity index (χ4v) is 5.38. The van der Waals surface area contributed by atoms with Gasteiger partial charge in [-0.15, -0.1) is 17.9 Å². The van der Waals surface area contributed by atoms with Crippen molar-refractivity contribution < 1.29 is 14.3 Å². The number of aromatic nitrogens is 2. The third kappa shape index (κ3) is 3.79. The Bertz CT molecular complexity index is 1190. The molecule has 0 aromatic carbocycles. The van der Waals surface area contributed by atoms with Crippen LogP contribution < -0.4 is 5.56 Å². The van der Waals surface area contributed by atoms with Crippen LogP contribution in [0.3, 0.4) is 0 Å². The summed E-state index contributed by atoms with van der Waals surface area (Å²) in [5, 5.41) is 1.08. The summed E-state index contributed by atoms with van der Waals surface area (Å²) in [7, 11) is 1.31. The van der Waals surface area contributed by atoms with Crippen molar-refractivity contribution in [1.82, 2.24) is 9.55 Å². The second-order valence-electron chi connectivity index (χ2n) is 7.02. The molecule has 0 bridgehead atoms. The summed E-state index contributed by atoms with van der Waals surface area (Å²) in [5.41, 5.74) is 2.20. The Balaban J connectivity index is 1.92. The molecule has 0 amide bonds. The van der Waals surface area contributed by atoms with Crippen molar-refractivity contribution in [1.29, 1.82) is 0 Å². The number of hydrogen-bond donors (Lipinski definition) is 0. The van der Waals surface area contributed by atoms with Crippen LogP contribution in [-0.4, -0.2) is 39.9 Å². The van der Waals surface area contributed by atoms with Crippen LogP contribution in [0, 0.1) is 19.8 Å². The van der Waals surface area contributed by atoms with Gasteiger partial charge >= 0.3 is 5.97 Å². The molecule has 1 atom stereocenters.